The van der Waals surface area contributed by atoms with Crippen molar-refractivity contribution in [2.75, 3.05) is 31.2 Å². The topological polar surface area (TPSA) is 87.2 Å². The Labute approximate surface area is 210 Å². The van der Waals surface area contributed by atoms with E-state index in [0.29, 0.717) is 19.4 Å². The van der Waals surface area contributed by atoms with E-state index in [4.69, 9.17) is 4.74 Å². The third-order valence-electron chi connectivity index (χ3n) is 7.73. The first-order valence-electron chi connectivity index (χ1n) is 12.3. The Morgan fingerprint density at radius 2 is 1.91 bits per heavy atom. The molecule has 8 heteroatoms. The van der Waals surface area contributed by atoms with E-state index in [9.17, 15) is 19.5 Å². The van der Waals surface area contributed by atoms with Gasteiger partial charge in [0.1, 0.15) is 6.04 Å². The molecule has 2 amide bonds. The van der Waals surface area contributed by atoms with Crippen molar-refractivity contribution in [3.8, 4) is 0 Å². The SMILES string of the molecule is Cc1ccc(C)c(N2CC=C[C@]34S[C@@]5(C)C=CCCOC(=O)[C@H]5[C@H]3C(=O)N(CCCO)C4C2=O)c1. The van der Waals surface area contributed by atoms with Crippen LogP contribution >= 0.6 is 11.8 Å². The molecule has 2 saturated heterocycles. The van der Waals surface area contributed by atoms with E-state index in [-0.39, 0.29) is 37.5 Å². The fraction of sp³-hybridized carbons (Fsp3) is 0.519. The van der Waals surface area contributed by atoms with Gasteiger partial charge in [-0.2, -0.15) is 0 Å². The molecule has 1 N–H and O–H groups in total. The van der Waals surface area contributed by atoms with Crippen molar-refractivity contribution in [2.45, 2.75) is 49.1 Å². The van der Waals surface area contributed by atoms with Crippen molar-refractivity contribution in [2.24, 2.45) is 11.8 Å². The summed E-state index contributed by atoms with van der Waals surface area (Å²) in [5, 5.41) is 9.53. The molecule has 4 heterocycles. The highest BCUT2D eigenvalue weighted by Gasteiger charge is 2.73. The van der Waals surface area contributed by atoms with Crippen LogP contribution in [0.2, 0.25) is 0 Å². The zero-order valence-corrected chi connectivity index (χ0v) is 21.2. The quantitative estimate of drug-likeness (QED) is 0.510. The molecule has 5 rings (SSSR count). The summed E-state index contributed by atoms with van der Waals surface area (Å²) in [5.74, 6) is -2.14. The number of hydrogen-bond donors (Lipinski definition) is 1. The first-order valence-corrected chi connectivity index (χ1v) is 13.1. The summed E-state index contributed by atoms with van der Waals surface area (Å²) in [6, 6.07) is 5.25. The van der Waals surface area contributed by atoms with Gasteiger partial charge in [-0.1, -0.05) is 36.4 Å². The zero-order chi connectivity index (χ0) is 25.0. The van der Waals surface area contributed by atoms with Crippen molar-refractivity contribution < 1.29 is 24.2 Å². The standard InChI is InChI=1S/C27H32N2O5S/c1-17-8-9-18(2)19(16-17)28-12-6-11-27-20(23(31)29(13-7-14-30)22(27)24(28)32)21-25(33)34-15-5-4-10-26(21,3)35-27/h4,6,8-11,16,20-22,30H,5,7,12-15H2,1-3H3/t20-,21+,22?,26-,27-/m0/s1. The van der Waals surface area contributed by atoms with Gasteiger partial charge in [0.2, 0.25) is 5.91 Å². The number of ether oxygens (including phenoxy) is 1. The molecule has 1 aromatic carbocycles. The van der Waals surface area contributed by atoms with E-state index in [1.807, 2.05) is 63.3 Å². The molecule has 5 atom stereocenters. The Kier molecular flexibility index (Phi) is 6.08. The number of esters is 1. The van der Waals surface area contributed by atoms with Crippen LogP contribution in [0.25, 0.3) is 0 Å². The second-order valence-corrected chi connectivity index (χ2v) is 11.9. The predicted octanol–water partition coefficient (Wildman–Crippen LogP) is 2.78. The number of aliphatic hydroxyl groups excluding tert-OH is 1. The van der Waals surface area contributed by atoms with Gasteiger partial charge in [0.25, 0.3) is 5.91 Å². The number of carbonyl (C=O) groups is 3. The van der Waals surface area contributed by atoms with Gasteiger partial charge >= 0.3 is 5.97 Å². The summed E-state index contributed by atoms with van der Waals surface area (Å²) in [6.07, 6.45) is 9.01. The number of rotatable bonds is 4. The number of cyclic esters (lactones) is 1. The van der Waals surface area contributed by atoms with E-state index < -0.39 is 27.4 Å². The molecule has 0 bridgehead atoms. The van der Waals surface area contributed by atoms with Crippen molar-refractivity contribution >= 4 is 35.2 Å². The van der Waals surface area contributed by atoms with Crippen LogP contribution in [0.1, 0.15) is 30.9 Å². The molecule has 35 heavy (non-hydrogen) atoms. The number of anilines is 1. The Morgan fingerprint density at radius 3 is 2.69 bits per heavy atom. The minimum atomic E-state index is -0.900. The largest absolute Gasteiger partial charge is 0.465 e. The highest BCUT2D eigenvalue weighted by atomic mass is 32.2. The molecule has 0 radical (unpaired) electrons. The average molecular weight is 497 g/mol. The molecule has 1 spiro atoms. The van der Waals surface area contributed by atoms with Crippen molar-refractivity contribution in [3.63, 3.8) is 0 Å². The number of benzene rings is 1. The molecular formula is C27H32N2O5S. The highest BCUT2D eigenvalue weighted by Crippen LogP contribution is 2.65. The number of fused-ring (bicyclic) bond motifs is 2. The summed E-state index contributed by atoms with van der Waals surface area (Å²) in [6.45, 7) is 6.79. The van der Waals surface area contributed by atoms with Gasteiger partial charge in [-0.3, -0.25) is 14.4 Å². The van der Waals surface area contributed by atoms with Gasteiger partial charge in [0.15, 0.2) is 0 Å². The van der Waals surface area contributed by atoms with E-state index in [0.717, 1.165) is 16.8 Å². The maximum Gasteiger partial charge on any atom is 0.311 e. The van der Waals surface area contributed by atoms with Crippen LogP contribution in [0.4, 0.5) is 5.69 Å². The third-order valence-corrected chi connectivity index (χ3v) is 9.53. The lowest BCUT2D eigenvalue weighted by Gasteiger charge is -2.37. The van der Waals surface area contributed by atoms with Crippen LogP contribution in [0, 0.1) is 25.7 Å². The summed E-state index contributed by atoms with van der Waals surface area (Å²) < 4.78 is 3.99. The maximum atomic E-state index is 14.4. The normalized spacial score (nSPS) is 34.2. The Balaban J connectivity index is 1.65. The number of amides is 2. The third kappa shape index (κ3) is 3.64. The van der Waals surface area contributed by atoms with E-state index in [1.165, 1.54) is 0 Å². The van der Waals surface area contributed by atoms with Crippen LogP contribution in [-0.4, -0.2) is 69.6 Å². The molecule has 4 aliphatic rings. The predicted molar refractivity (Wildman–Crippen MR) is 135 cm³/mol. The fourth-order valence-corrected chi connectivity index (χ4v) is 8.35. The molecule has 1 unspecified atom stereocenters. The summed E-state index contributed by atoms with van der Waals surface area (Å²) in [7, 11) is 0. The fourth-order valence-electron chi connectivity index (χ4n) is 6.20. The molecule has 2 fully saturated rings. The maximum absolute atomic E-state index is 14.4. The lowest BCUT2D eigenvalue weighted by molar-refractivity contribution is -0.154. The monoisotopic (exact) mass is 496 g/mol. The Hall–Kier alpha value is -2.58. The molecule has 186 valence electrons. The molecule has 4 aliphatic heterocycles. The molecule has 0 aromatic heterocycles. The lowest BCUT2D eigenvalue weighted by atomic mass is 9.74. The number of thioether (sulfide) groups is 1. The first kappa shape index (κ1) is 24.1. The summed E-state index contributed by atoms with van der Waals surface area (Å²) >= 11 is 1.54. The molecule has 0 aliphatic carbocycles. The van der Waals surface area contributed by atoms with E-state index in [1.54, 1.807) is 21.6 Å². The Bertz CT molecular complexity index is 1130. The summed E-state index contributed by atoms with van der Waals surface area (Å²) in [5.41, 5.74) is 2.86. The van der Waals surface area contributed by atoms with Crippen molar-refractivity contribution in [1.29, 1.82) is 0 Å². The van der Waals surface area contributed by atoms with Crippen LogP contribution in [-0.2, 0) is 19.1 Å². The van der Waals surface area contributed by atoms with Gasteiger partial charge in [-0.25, -0.2) is 0 Å². The Morgan fingerprint density at radius 1 is 1.11 bits per heavy atom. The number of aliphatic hydroxyl groups is 1. The minimum absolute atomic E-state index is 0.0854. The zero-order valence-electron chi connectivity index (χ0n) is 20.4. The summed E-state index contributed by atoms with van der Waals surface area (Å²) in [4.78, 5) is 45.0. The van der Waals surface area contributed by atoms with E-state index >= 15 is 0 Å². The lowest BCUT2D eigenvalue weighted by Crippen LogP contribution is -2.53. The smallest absolute Gasteiger partial charge is 0.311 e. The first-order chi connectivity index (χ1) is 16.7. The number of aryl methyl sites for hydroxylation is 2. The van der Waals surface area contributed by atoms with Gasteiger partial charge < -0.3 is 19.6 Å². The van der Waals surface area contributed by atoms with Crippen LogP contribution in [0.15, 0.2) is 42.5 Å². The van der Waals surface area contributed by atoms with Gasteiger partial charge in [0.05, 0.1) is 23.2 Å². The van der Waals surface area contributed by atoms with Gasteiger partial charge in [-0.05, 0) is 50.8 Å². The van der Waals surface area contributed by atoms with Crippen LogP contribution < -0.4 is 4.90 Å². The average Bonchev–Trinajstić information content (AvgIpc) is 3.13. The minimum Gasteiger partial charge on any atom is -0.465 e. The van der Waals surface area contributed by atoms with E-state index in [2.05, 4.69) is 0 Å². The second-order valence-electron chi connectivity index (χ2n) is 10.1. The highest BCUT2D eigenvalue weighted by molar-refractivity contribution is 8.02. The number of carbonyl (C=O) groups excluding carboxylic acids is 3. The van der Waals surface area contributed by atoms with Crippen LogP contribution in [0.5, 0.6) is 0 Å². The number of hydrogen-bond acceptors (Lipinski definition) is 6. The number of likely N-dealkylation sites (tertiary alicyclic amines) is 1. The van der Waals surface area contributed by atoms with Crippen molar-refractivity contribution in [1.82, 2.24) is 4.90 Å². The number of nitrogens with zero attached hydrogens (tertiary/aromatic N) is 2. The second kappa shape index (κ2) is 8.82. The molecule has 1 aromatic rings. The molecular weight excluding hydrogens is 464 g/mol. The molecule has 7 nitrogen and oxygen atoms in total. The van der Waals surface area contributed by atoms with Crippen LogP contribution in [0.3, 0.4) is 0 Å². The molecule has 0 saturated carbocycles. The van der Waals surface area contributed by atoms with Gasteiger partial charge in [0, 0.05) is 30.1 Å². The van der Waals surface area contributed by atoms with Gasteiger partial charge in [-0.15, -0.1) is 11.8 Å². The van der Waals surface area contributed by atoms with Crippen molar-refractivity contribution in [3.05, 3.63) is 53.6 Å².